The van der Waals surface area contributed by atoms with E-state index in [-0.39, 0.29) is 6.04 Å². The lowest BCUT2D eigenvalue weighted by atomic mass is 10.3. The summed E-state index contributed by atoms with van der Waals surface area (Å²) in [4.78, 5) is 0. The Balaban J connectivity index is 2.07. The van der Waals surface area contributed by atoms with E-state index in [1.54, 1.807) is 17.5 Å². The molecule has 16 heavy (non-hydrogen) atoms. The highest BCUT2D eigenvalue weighted by Gasteiger charge is 2.13. The van der Waals surface area contributed by atoms with Crippen molar-refractivity contribution >= 4 is 11.3 Å². The van der Waals surface area contributed by atoms with Gasteiger partial charge < -0.3 is 5.32 Å². The van der Waals surface area contributed by atoms with Crippen LogP contribution in [0.25, 0.3) is 10.7 Å². The minimum Gasteiger partial charge on any atom is -0.308 e. The molecule has 0 saturated heterocycles. The molecule has 2 rings (SSSR count). The normalized spacial score (nSPS) is 12.9. The molecule has 1 atom stereocenters. The Morgan fingerprint density at radius 2 is 2.38 bits per heavy atom. The molecule has 0 amide bonds. The van der Waals surface area contributed by atoms with Crippen LogP contribution in [0.3, 0.4) is 0 Å². The quantitative estimate of drug-likeness (QED) is 0.822. The molecule has 86 valence electrons. The molecule has 6 nitrogen and oxygen atoms in total. The van der Waals surface area contributed by atoms with Crippen LogP contribution in [-0.4, -0.2) is 32.2 Å². The van der Waals surface area contributed by atoms with E-state index in [0.717, 1.165) is 28.7 Å². The third-order valence-corrected chi connectivity index (χ3v) is 3.27. The summed E-state index contributed by atoms with van der Waals surface area (Å²) in [5.74, 6) is 0. The number of hydrogen-bond donors (Lipinski definition) is 2. The minimum absolute atomic E-state index is 0.234. The van der Waals surface area contributed by atoms with Gasteiger partial charge in [-0.15, -0.1) is 10.2 Å². The first kappa shape index (κ1) is 11.2. The zero-order valence-corrected chi connectivity index (χ0v) is 10.1. The molecule has 1 unspecified atom stereocenters. The first-order valence-electron chi connectivity index (χ1n) is 5.24. The van der Waals surface area contributed by atoms with Gasteiger partial charge in [-0.1, -0.05) is 18.3 Å². The summed E-state index contributed by atoms with van der Waals surface area (Å²) in [6, 6.07) is 0.234. The second-order valence-corrected chi connectivity index (χ2v) is 4.49. The number of rotatable bonds is 5. The van der Waals surface area contributed by atoms with Gasteiger partial charge in [-0.3, -0.25) is 0 Å². The van der Waals surface area contributed by atoms with Crippen LogP contribution >= 0.6 is 11.3 Å². The molecule has 0 aromatic carbocycles. The summed E-state index contributed by atoms with van der Waals surface area (Å²) in [7, 11) is 0. The fourth-order valence-corrected chi connectivity index (χ4v) is 2.09. The fraction of sp³-hybridized carbons (Fsp3) is 0.556. The largest absolute Gasteiger partial charge is 0.308 e. The molecule has 2 heterocycles. The zero-order valence-electron chi connectivity index (χ0n) is 9.27. The minimum atomic E-state index is 0.234. The molecule has 2 N–H and O–H groups in total. The van der Waals surface area contributed by atoms with Gasteiger partial charge in [-0.2, -0.15) is 15.4 Å². The first-order chi connectivity index (χ1) is 7.81. The molecule has 7 heteroatoms. The van der Waals surface area contributed by atoms with Crippen molar-refractivity contribution in [3.8, 4) is 10.7 Å². The van der Waals surface area contributed by atoms with Gasteiger partial charge in [-0.05, 0) is 19.9 Å². The highest BCUT2D eigenvalue weighted by molar-refractivity contribution is 7.14. The SMILES string of the molecule is CCCNC(C)c1nnc(-c2cn[nH]n2)s1. The molecule has 0 bridgehead atoms. The molecule has 0 radical (unpaired) electrons. The molecular weight excluding hydrogens is 224 g/mol. The Bertz CT molecular complexity index is 423. The van der Waals surface area contributed by atoms with E-state index < -0.39 is 0 Å². The van der Waals surface area contributed by atoms with Gasteiger partial charge in [0.25, 0.3) is 0 Å². The number of aromatic nitrogens is 5. The standard InChI is InChI=1S/C9H14N6S/c1-3-4-10-6(2)8-13-14-9(16-8)7-5-11-15-12-7/h5-6,10H,3-4H2,1-2H3,(H,11,12,15). The maximum absolute atomic E-state index is 4.15. The van der Waals surface area contributed by atoms with E-state index in [2.05, 4.69) is 44.8 Å². The third kappa shape index (κ3) is 2.42. The molecule has 2 aromatic rings. The Kier molecular flexibility index (Phi) is 3.58. The third-order valence-electron chi connectivity index (χ3n) is 2.15. The van der Waals surface area contributed by atoms with Crippen molar-refractivity contribution in [1.29, 1.82) is 0 Å². The van der Waals surface area contributed by atoms with Crippen LogP contribution in [0.1, 0.15) is 31.3 Å². The summed E-state index contributed by atoms with van der Waals surface area (Å²) < 4.78 is 0. The van der Waals surface area contributed by atoms with E-state index >= 15 is 0 Å². The number of aromatic amines is 1. The van der Waals surface area contributed by atoms with Crippen LogP contribution in [0, 0.1) is 0 Å². The Morgan fingerprint density at radius 1 is 1.50 bits per heavy atom. The zero-order chi connectivity index (χ0) is 11.4. The Morgan fingerprint density at radius 3 is 3.06 bits per heavy atom. The second kappa shape index (κ2) is 5.13. The second-order valence-electron chi connectivity index (χ2n) is 3.48. The highest BCUT2D eigenvalue weighted by atomic mass is 32.1. The lowest BCUT2D eigenvalue weighted by molar-refractivity contribution is 0.564. The average molecular weight is 238 g/mol. The summed E-state index contributed by atoms with van der Waals surface area (Å²) in [6.07, 6.45) is 2.76. The lowest BCUT2D eigenvalue weighted by Crippen LogP contribution is -2.18. The van der Waals surface area contributed by atoms with E-state index in [4.69, 9.17) is 0 Å². The van der Waals surface area contributed by atoms with Gasteiger partial charge >= 0.3 is 0 Å². The van der Waals surface area contributed by atoms with Crippen LogP contribution < -0.4 is 5.32 Å². The van der Waals surface area contributed by atoms with Crippen molar-refractivity contribution in [2.45, 2.75) is 26.3 Å². The summed E-state index contributed by atoms with van der Waals surface area (Å²) >= 11 is 1.54. The van der Waals surface area contributed by atoms with E-state index in [9.17, 15) is 0 Å². The molecular formula is C9H14N6S. The molecule has 2 aromatic heterocycles. The van der Waals surface area contributed by atoms with E-state index in [0.29, 0.717) is 0 Å². The summed E-state index contributed by atoms with van der Waals surface area (Å²) in [5.41, 5.74) is 0.742. The molecule has 0 aliphatic heterocycles. The Hall–Kier alpha value is -1.34. The molecule has 0 fully saturated rings. The van der Waals surface area contributed by atoms with Crippen molar-refractivity contribution in [1.82, 2.24) is 30.9 Å². The van der Waals surface area contributed by atoms with Crippen LogP contribution in [0.5, 0.6) is 0 Å². The van der Waals surface area contributed by atoms with E-state index in [1.807, 2.05) is 0 Å². The van der Waals surface area contributed by atoms with E-state index in [1.165, 1.54) is 0 Å². The van der Waals surface area contributed by atoms with Gasteiger partial charge in [0, 0.05) is 0 Å². The molecule has 0 saturated carbocycles. The Labute approximate surface area is 97.5 Å². The van der Waals surface area contributed by atoms with Crippen LogP contribution in [0.2, 0.25) is 0 Å². The lowest BCUT2D eigenvalue weighted by Gasteiger charge is -2.07. The van der Waals surface area contributed by atoms with Crippen molar-refractivity contribution in [3.05, 3.63) is 11.2 Å². The number of nitrogens with zero attached hydrogens (tertiary/aromatic N) is 4. The van der Waals surface area contributed by atoms with Crippen LogP contribution in [-0.2, 0) is 0 Å². The maximum atomic E-state index is 4.15. The first-order valence-corrected chi connectivity index (χ1v) is 6.06. The highest BCUT2D eigenvalue weighted by Crippen LogP contribution is 2.24. The summed E-state index contributed by atoms with van der Waals surface area (Å²) in [6.45, 7) is 5.21. The predicted molar refractivity (Wildman–Crippen MR) is 62.0 cm³/mol. The number of H-pyrrole nitrogens is 1. The average Bonchev–Trinajstić information content (AvgIpc) is 2.94. The fourth-order valence-electron chi connectivity index (χ4n) is 1.27. The monoisotopic (exact) mass is 238 g/mol. The number of nitrogens with one attached hydrogen (secondary N) is 2. The van der Waals surface area contributed by atoms with Crippen molar-refractivity contribution in [2.24, 2.45) is 0 Å². The molecule has 0 aliphatic carbocycles. The maximum Gasteiger partial charge on any atom is 0.169 e. The van der Waals surface area contributed by atoms with Crippen molar-refractivity contribution in [3.63, 3.8) is 0 Å². The predicted octanol–water partition coefficient (Wildman–Crippen LogP) is 1.38. The van der Waals surface area contributed by atoms with Gasteiger partial charge in [-0.25, -0.2) is 0 Å². The van der Waals surface area contributed by atoms with Crippen LogP contribution in [0.4, 0.5) is 0 Å². The van der Waals surface area contributed by atoms with Gasteiger partial charge in [0.05, 0.1) is 12.2 Å². The summed E-state index contributed by atoms with van der Waals surface area (Å²) in [5, 5.41) is 23.7. The number of hydrogen-bond acceptors (Lipinski definition) is 6. The van der Waals surface area contributed by atoms with Crippen LogP contribution in [0.15, 0.2) is 6.20 Å². The van der Waals surface area contributed by atoms with Crippen molar-refractivity contribution < 1.29 is 0 Å². The van der Waals surface area contributed by atoms with Gasteiger partial charge in [0.1, 0.15) is 10.7 Å². The van der Waals surface area contributed by atoms with Gasteiger partial charge in [0.2, 0.25) is 0 Å². The van der Waals surface area contributed by atoms with Crippen molar-refractivity contribution in [2.75, 3.05) is 6.54 Å². The van der Waals surface area contributed by atoms with Gasteiger partial charge in [0.15, 0.2) is 5.01 Å². The molecule has 0 aliphatic rings. The smallest absolute Gasteiger partial charge is 0.169 e. The topological polar surface area (TPSA) is 79.4 Å². The molecule has 0 spiro atoms.